The largest absolute Gasteiger partial charge is 0.497 e. The van der Waals surface area contributed by atoms with Gasteiger partial charge in [-0.3, -0.25) is 34.2 Å². The van der Waals surface area contributed by atoms with E-state index in [0.717, 1.165) is 173 Å². The summed E-state index contributed by atoms with van der Waals surface area (Å²) >= 11 is 0. The number of fused-ring (bicyclic) bond motifs is 12. The molecule has 0 bridgehead atoms. The van der Waals surface area contributed by atoms with Crippen molar-refractivity contribution in [1.82, 2.24) is 57.8 Å². The van der Waals surface area contributed by atoms with E-state index >= 15 is 0 Å². The van der Waals surface area contributed by atoms with Crippen LogP contribution in [0.5, 0.6) is 11.5 Å². The van der Waals surface area contributed by atoms with Gasteiger partial charge in [-0.25, -0.2) is 4.98 Å². The minimum atomic E-state index is -4.53. The lowest BCUT2D eigenvalue weighted by Crippen LogP contribution is -2.43. The number of nitrogens with one attached hydrogen (secondary N) is 2. The Bertz CT molecular complexity index is 5070. The van der Waals surface area contributed by atoms with Crippen LogP contribution in [0.3, 0.4) is 0 Å². The fourth-order valence-corrected chi connectivity index (χ4v) is 15.6. The van der Waals surface area contributed by atoms with Crippen molar-refractivity contribution < 1.29 is 46.0 Å². The van der Waals surface area contributed by atoms with Crippen LogP contribution in [-0.4, -0.2) is 201 Å². The average molecular weight is 1400 g/mol. The van der Waals surface area contributed by atoms with E-state index in [0.29, 0.717) is 54.5 Å². The molecule has 0 spiro atoms. The van der Waals surface area contributed by atoms with E-state index in [4.69, 9.17) is 28.4 Å². The number of H-pyrrole nitrogens is 2. The molecule has 2 N–H and O–H groups in total. The monoisotopic (exact) mass is 1400 g/mol. The maximum absolute atomic E-state index is 13.9. The smallest absolute Gasteiger partial charge is 0.435 e. The van der Waals surface area contributed by atoms with Gasteiger partial charge in [0.15, 0.2) is 22.5 Å². The average Bonchev–Trinajstić information content (AvgIpc) is 1.61. The first-order valence-electron chi connectivity index (χ1n) is 35.4. The van der Waals surface area contributed by atoms with Gasteiger partial charge < -0.3 is 56.7 Å². The molecule has 24 heteroatoms. The van der Waals surface area contributed by atoms with Gasteiger partial charge in [-0.15, -0.1) is 0 Å². The summed E-state index contributed by atoms with van der Waals surface area (Å²) in [6.07, 6.45) is 0.567. The van der Waals surface area contributed by atoms with Crippen molar-refractivity contribution in [2.24, 2.45) is 0 Å². The van der Waals surface area contributed by atoms with Gasteiger partial charge in [0.25, 0.3) is 0 Å². The Morgan fingerprint density at radius 1 is 0.441 bits per heavy atom. The number of hydrogen-bond acceptors (Lipinski definition) is 14. The molecule has 4 atom stereocenters. The Labute approximate surface area is 589 Å². The van der Waals surface area contributed by atoms with Crippen molar-refractivity contribution in [3.8, 4) is 11.5 Å². The SMILES string of the molecule is COc1ccc2c3ccnc(C(F)(F)F)c3n(CC(C)N3CCOCC3)c2c1.COc1ccc2c3ccnc(C)c3n(CC(C)N3CCOCC3)c2c1.Cc1[nH]c(F)cc2c3ccc(=O)cc3n(CC(C)N3CCOCC3)c12.Cc1[nH]ccc2c3ccc(=O)cc3n(CC(C)N3CCOCC3)c12. The van der Waals surface area contributed by atoms with Gasteiger partial charge >= 0.3 is 6.18 Å². The predicted octanol–water partition coefficient (Wildman–Crippen LogP) is 12.3. The number of aromatic nitrogens is 8. The lowest BCUT2D eigenvalue weighted by Gasteiger charge is -2.33. The predicted molar refractivity (Wildman–Crippen MR) is 394 cm³/mol. The number of halogens is 4. The molecule has 12 heterocycles. The molecular weight excluding hydrogens is 1310 g/mol. The highest BCUT2D eigenvalue weighted by Crippen LogP contribution is 2.40. The summed E-state index contributed by atoms with van der Waals surface area (Å²) in [5, 5.41) is 7.95. The van der Waals surface area contributed by atoms with Gasteiger partial charge in [0, 0.05) is 206 Å². The molecule has 16 rings (SSSR count). The molecule has 0 amide bonds. The zero-order chi connectivity index (χ0) is 71.5. The standard InChI is InChI=1S/C20H22F3N3O2.C20H25N3O2.C19H22FN3O2.C19H23N3O2/c1-13(25-7-9-28-10-8-25)12-26-17-11-14(27-2)3-4-15(17)16-5-6-24-19(18(16)26)20(21,22)23;1-14(22-8-10-25-11-9-22)13-23-19-12-16(24-3)4-5-17(19)18-6-7-21-15(2)20(18)23;1-12(22-5-7-25-8-6-22)11-23-17-9-14(24)3-4-15(17)16-10-18(20)21-13(2)19(16)23;1-13(21-7-9-24-10-8-21)12-22-18-11-15(23)3-4-16(18)17-5-6-20-14(2)19(17)22/h3-6,11,13H,7-10,12H2,1-2H3;4-7,12,14H,8-11,13H2,1-3H3;3-4,9-10,12,21H,5-8,11H2,1-2H3;3-6,11,13,20H,7-10,12H2,1-2H3. The molecule has 0 aliphatic carbocycles. The molecule has 4 aromatic carbocycles. The normalized spacial score (nSPS) is 17.4. The highest BCUT2D eigenvalue weighted by molar-refractivity contribution is 6.11. The van der Waals surface area contributed by atoms with Crippen LogP contribution in [0.2, 0.25) is 0 Å². The van der Waals surface area contributed by atoms with E-state index in [2.05, 4.69) is 112 Å². The number of pyridine rings is 4. The van der Waals surface area contributed by atoms with Gasteiger partial charge in [0.2, 0.25) is 0 Å². The van der Waals surface area contributed by atoms with Gasteiger partial charge in [-0.1, -0.05) is 0 Å². The zero-order valence-corrected chi connectivity index (χ0v) is 59.7. The minimum Gasteiger partial charge on any atom is -0.497 e. The summed E-state index contributed by atoms with van der Waals surface area (Å²) in [5.74, 6) is 1.13. The first kappa shape index (κ1) is 71.7. The summed E-state index contributed by atoms with van der Waals surface area (Å²) in [4.78, 5) is 47.8. The second kappa shape index (κ2) is 31.1. The van der Waals surface area contributed by atoms with Crippen LogP contribution in [0.25, 0.3) is 87.2 Å². The van der Waals surface area contributed by atoms with Crippen LogP contribution in [0, 0.1) is 26.7 Å². The number of nitrogens with zero attached hydrogens (tertiary/aromatic N) is 10. The van der Waals surface area contributed by atoms with Crippen LogP contribution >= 0.6 is 0 Å². The van der Waals surface area contributed by atoms with E-state index in [1.165, 1.54) is 45.0 Å². The molecule has 4 fully saturated rings. The number of rotatable bonds is 14. The molecular formula is C78H92F4N12O8. The Hall–Kier alpha value is -8.72. The molecule has 540 valence electrons. The lowest BCUT2D eigenvalue weighted by atomic mass is 10.1. The Balaban J connectivity index is 0.000000122. The third-order valence-electron chi connectivity index (χ3n) is 20.9. The minimum absolute atomic E-state index is 0.0299. The topological polar surface area (TPSA) is 180 Å². The molecule has 4 aliphatic heterocycles. The molecule has 4 unspecified atom stereocenters. The highest BCUT2D eigenvalue weighted by atomic mass is 19.4. The number of alkyl halides is 3. The Morgan fingerprint density at radius 3 is 1.24 bits per heavy atom. The van der Waals surface area contributed by atoms with Gasteiger partial charge in [-0.05, 0) is 115 Å². The van der Waals surface area contributed by atoms with Crippen LogP contribution in [-0.2, 0) is 51.3 Å². The van der Waals surface area contributed by atoms with Crippen LogP contribution in [0.4, 0.5) is 17.6 Å². The van der Waals surface area contributed by atoms with Crippen molar-refractivity contribution >= 4 is 87.2 Å². The summed E-state index contributed by atoms with van der Waals surface area (Å²) in [6.45, 7) is 31.1. The van der Waals surface area contributed by atoms with E-state index in [-0.39, 0.29) is 28.4 Å². The fraction of sp³-hybridized carbons (Fsp3) is 0.436. The third kappa shape index (κ3) is 14.9. The first-order chi connectivity index (χ1) is 49.3. The number of ether oxygens (including phenoxy) is 6. The van der Waals surface area contributed by atoms with Gasteiger partial charge in [-0.2, -0.15) is 17.6 Å². The number of hydrogen-bond donors (Lipinski definition) is 2. The second-order valence-corrected chi connectivity index (χ2v) is 27.3. The quantitative estimate of drug-likeness (QED) is 0.0775. The molecule has 4 saturated heterocycles. The van der Waals surface area contributed by atoms with Gasteiger partial charge in [0.05, 0.1) is 117 Å². The number of aromatic amines is 2. The van der Waals surface area contributed by atoms with Crippen LogP contribution in [0.15, 0.2) is 125 Å². The summed E-state index contributed by atoms with van der Waals surface area (Å²) in [5.41, 5.74) is 9.48. The molecule has 8 aromatic heterocycles. The lowest BCUT2D eigenvalue weighted by molar-refractivity contribution is -0.140. The molecule has 102 heavy (non-hydrogen) atoms. The van der Waals surface area contributed by atoms with Crippen molar-refractivity contribution in [2.75, 3.05) is 119 Å². The molecule has 0 saturated carbocycles. The van der Waals surface area contributed by atoms with E-state index in [9.17, 15) is 27.2 Å². The number of morpholine rings is 4. The van der Waals surface area contributed by atoms with Crippen molar-refractivity contribution in [3.63, 3.8) is 0 Å². The van der Waals surface area contributed by atoms with Crippen molar-refractivity contribution in [1.29, 1.82) is 0 Å². The molecule has 20 nitrogen and oxygen atoms in total. The maximum Gasteiger partial charge on any atom is 0.435 e. The summed E-state index contributed by atoms with van der Waals surface area (Å²) in [6, 6.07) is 30.6. The first-order valence-corrected chi connectivity index (χ1v) is 35.4. The van der Waals surface area contributed by atoms with Gasteiger partial charge in [0.1, 0.15) is 11.5 Å². The Morgan fingerprint density at radius 2 is 0.804 bits per heavy atom. The molecule has 4 aliphatic rings. The van der Waals surface area contributed by atoms with Crippen molar-refractivity contribution in [3.05, 3.63) is 165 Å². The Kier molecular flexibility index (Phi) is 21.8. The van der Waals surface area contributed by atoms with E-state index < -0.39 is 11.9 Å². The number of benzene rings is 4. The maximum atomic E-state index is 13.9. The highest BCUT2D eigenvalue weighted by Gasteiger charge is 2.37. The van der Waals surface area contributed by atoms with Crippen LogP contribution in [0.1, 0.15) is 50.5 Å². The summed E-state index contributed by atoms with van der Waals surface area (Å²) < 4.78 is 96.3. The number of methoxy groups -OCH3 is 2. The zero-order valence-electron chi connectivity index (χ0n) is 59.7. The molecule has 12 aromatic rings. The number of aryl methyl sites for hydroxylation is 3. The second-order valence-electron chi connectivity index (χ2n) is 27.3. The fourth-order valence-electron chi connectivity index (χ4n) is 15.6. The van der Waals surface area contributed by atoms with Crippen molar-refractivity contribution in [2.45, 2.75) is 105 Å². The van der Waals surface area contributed by atoms with E-state index in [1.54, 1.807) is 67.3 Å². The van der Waals surface area contributed by atoms with E-state index in [1.807, 2.05) is 44.4 Å². The molecule has 0 radical (unpaired) electrons. The summed E-state index contributed by atoms with van der Waals surface area (Å²) in [7, 11) is 3.27. The third-order valence-corrected chi connectivity index (χ3v) is 20.9. The van der Waals surface area contributed by atoms with Crippen LogP contribution < -0.4 is 20.3 Å².